The van der Waals surface area contributed by atoms with Gasteiger partial charge < -0.3 is 15.7 Å². The molecule has 192 valence electrons. The highest BCUT2D eigenvalue weighted by Crippen LogP contribution is 2.68. The van der Waals surface area contributed by atoms with Crippen LogP contribution in [0.5, 0.6) is 0 Å². The molecule has 37 heavy (non-hydrogen) atoms. The summed E-state index contributed by atoms with van der Waals surface area (Å²) in [5.74, 6) is -1.43. The molecule has 3 N–H and O–H groups in total. The molecule has 0 spiro atoms. The second-order valence-corrected chi connectivity index (χ2v) is 11.9. The zero-order chi connectivity index (χ0) is 25.9. The number of anilines is 2. The molecule has 4 fully saturated rings. The fraction of sp³-hybridized carbons (Fsp3) is 0.393. The van der Waals surface area contributed by atoms with Crippen LogP contribution in [0.4, 0.5) is 25.0 Å². The number of carboxylic acids is 1. The number of hydrogen-bond acceptors (Lipinski definition) is 4. The maximum absolute atomic E-state index is 13.8. The lowest BCUT2D eigenvalue weighted by Gasteiger charge is -2.63. The van der Waals surface area contributed by atoms with E-state index in [2.05, 4.69) is 17.6 Å². The van der Waals surface area contributed by atoms with Gasteiger partial charge in [-0.05, 0) is 79.7 Å². The number of hydrogen-bond donors (Lipinski definition) is 3. The maximum Gasteiger partial charge on any atom is 0.323 e. The maximum atomic E-state index is 13.8. The van der Waals surface area contributed by atoms with Crippen LogP contribution >= 0.6 is 11.3 Å². The van der Waals surface area contributed by atoms with Gasteiger partial charge in [0.15, 0.2) is 0 Å². The van der Waals surface area contributed by atoms with Gasteiger partial charge in [0, 0.05) is 17.3 Å². The van der Waals surface area contributed by atoms with Gasteiger partial charge in [0.1, 0.15) is 17.3 Å². The predicted molar refractivity (Wildman–Crippen MR) is 138 cm³/mol. The third-order valence-electron chi connectivity index (χ3n) is 8.92. The quantitative estimate of drug-likeness (QED) is 0.339. The first kappa shape index (κ1) is 24.0. The van der Waals surface area contributed by atoms with Crippen molar-refractivity contribution in [2.45, 2.75) is 44.4 Å². The smallest absolute Gasteiger partial charge is 0.323 e. The highest BCUT2D eigenvalue weighted by molar-refractivity contribution is 7.15. The van der Waals surface area contributed by atoms with E-state index in [9.17, 15) is 23.5 Å². The normalized spacial score (nSPS) is 29.8. The fourth-order valence-electron chi connectivity index (χ4n) is 7.38. The summed E-state index contributed by atoms with van der Waals surface area (Å²) in [6.45, 7) is 2.12. The van der Waals surface area contributed by atoms with E-state index in [1.54, 1.807) is 23.5 Å². The number of amides is 2. The lowest BCUT2D eigenvalue weighted by atomic mass is 9.40. The number of benzene rings is 2. The summed E-state index contributed by atoms with van der Waals surface area (Å²) in [7, 11) is 0. The number of thiazole rings is 1. The Morgan fingerprint density at radius 2 is 1.65 bits per heavy atom. The molecule has 4 saturated carbocycles. The minimum atomic E-state index is -0.853. The number of carbonyl (C=O) groups excluding carboxylic acids is 1. The first-order valence-corrected chi connectivity index (χ1v) is 13.3. The van der Waals surface area contributed by atoms with Crippen LogP contribution in [0.25, 0.3) is 10.4 Å². The van der Waals surface area contributed by atoms with Crippen molar-refractivity contribution in [3.63, 3.8) is 0 Å². The van der Waals surface area contributed by atoms with Crippen molar-refractivity contribution in [3.8, 4) is 10.4 Å². The van der Waals surface area contributed by atoms with E-state index in [4.69, 9.17) is 4.98 Å². The number of aromatic nitrogens is 1. The molecule has 1 aromatic heterocycles. The van der Waals surface area contributed by atoms with Crippen molar-refractivity contribution >= 4 is 34.7 Å². The van der Waals surface area contributed by atoms with Gasteiger partial charge in [-0.25, -0.2) is 18.6 Å². The number of nitrogens with zero attached hydrogens (tertiary/aromatic N) is 1. The van der Waals surface area contributed by atoms with Crippen molar-refractivity contribution in [1.82, 2.24) is 4.98 Å². The molecular weight excluding hydrogens is 496 g/mol. The average Bonchev–Trinajstić information content (AvgIpc) is 3.36. The van der Waals surface area contributed by atoms with Crippen LogP contribution in [0.15, 0.2) is 48.7 Å². The third kappa shape index (κ3) is 3.82. The number of carboxylic acid groups (broad SMARTS) is 1. The molecule has 7 rings (SSSR count). The van der Waals surface area contributed by atoms with Gasteiger partial charge in [-0.15, -0.1) is 11.3 Å². The third-order valence-corrected chi connectivity index (χ3v) is 10.2. The fourth-order valence-corrected chi connectivity index (χ4v) is 8.60. The van der Waals surface area contributed by atoms with Gasteiger partial charge in [0.25, 0.3) is 0 Å². The van der Waals surface area contributed by atoms with Gasteiger partial charge in [0.2, 0.25) is 0 Å². The van der Waals surface area contributed by atoms with Crippen LogP contribution in [0, 0.1) is 34.8 Å². The Morgan fingerprint density at radius 1 is 1.00 bits per heavy atom. The Kier molecular flexibility index (Phi) is 5.60. The van der Waals surface area contributed by atoms with E-state index < -0.39 is 34.7 Å². The standard InChI is InChI=1S/C28H27F2N3O3S/c1-15-27(10-16-9-17(11-27)13-28(15,12-16)25(34)35)24-31-14-22(37-24)18-5-7-19(8-6-18)32-26(36)33-23-20(29)3-2-4-21(23)30/h2-8,14-17H,9-13H2,1H3,(H,34,35)(H2,32,33,36). The van der Waals surface area contributed by atoms with E-state index in [0.29, 0.717) is 17.5 Å². The predicted octanol–water partition coefficient (Wildman–Crippen LogP) is 6.90. The Labute approximate surface area is 217 Å². The second-order valence-electron chi connectivity index (χ2n) is 10.9. The van der Waals surface area contributed by atoms with Gasteiger partial charge in [0.05, 0.1) is 15.3 Å². The number of aliphatic carboxylic acids is 1. The van der Waals surface area contributed by atoms with Gasteiger partial charge >= 0.3 is 12.0 Å². The van der Waals surface area contributed by atoms with Crippen molar-refractivity contribution in [3.05, 3.63) is 65.3 Å². The van der Waals surface area contributed by atoms with Gasteiger partial charge in [-0.3, -0.25) is 4.79 Å². The summed E-state index contributed by atoms with van der Waals surface area (Å²) in [5.41, 5.74) is 0.0703. The van der Waals surface area contributed by atoms with Crippen molar-refractivity contribution < 1.29 is 23.5 Å². The number of rotatable bonds is 5. The second kappa shape index (κ2) is 8.62. The molecule has 0 aliphatic heterocycles. The monoisotopic (exact) mass is 523 g/mol. The van der Waals surface area contributed by atoms with Crippen LogP contribution in [0.3, 0.4) is 0 Å². The Morgan fingerprint density at radius 3 is 2.27 bits per heavy atom. The van der Waals surface area contributed by atoms with E-state index in [1.807, 2.05) is 18.3 Å². The van der Waals surface area contributed by atoms with Crippen LogP contribution in [0.1, 0.15) is 44.0 Å². The molecule has 3 atom stereocenters. The molecule has 9 heteroatoms. The number of carbonyl (C=O) groups is 2. The molecule has 3 aromatic rings. The summed E-state index contributed by atoms with van der Waals surface area (Å²) in [6.07, 6.45) is 6.57. The van der Waals surface area contributed by atoms with Crippen LogP contribution in [-0.4, -0.2) is 22.1 Å². The van der Waals surface area contributed by atoms with E-state index in [1.165, 1.54) is 6.07 Å². The van der Waals surface area contributed by atoms with E-state index >= 15 is 0 Å². The highest BCUT2D eigenvalue weighted by atomic mass is 32.1. The first-order valence-electron chi connectivity index (χ1n) is 12.5. The summed E-state index contributed by atoms with van der Waals surface area (Å²) in [4.78, 5) is 30.5. The molecule has 0 saturated heterocycles. The number of halogens is 2. The Hall–Kier alpha value is -3.33. The molecule has 4 bridgehead atoms. The molecular formula is C28H27F2N3O3S. The largest absolute Gasteiger partial charge is 0.481 e. The molecule has 6 nitrogen and oxygen atoms in total. The summed E-state index contributed by atoms with van der Waals surface area (Å²) >= 11 is 1.63. The zero-order valence-electron chi connectivity index (χ0n) is 20.3. The van der Waals surface area contributed by atoms with Gasteiger partial charge in [-0.2, -0.15) is 0 Å². The molecule has 0 radical (unpaired) electrons. The Bertz CT molecular complexity index is 1360. The SMILES string of the molecule is CC1C2(C(=O)O)CC3CC(C2)CC1(c1ncc(-c2ccc(NC(=O)Nc4c(F)cccc4F)cc2)s1)C3. The van der Waals surface area contributed by atoms with E-state index in [0.717, 1.165) is 59.7 Å². The minimum absolute atomic E-state index is 0.0358. The van der Waals surface area contributed by atoms with Gasteiger partial charge in [-0.1, -0.05) is 25.1 Å². The lowest BCUT2D eigenvalue weighted by Crippen LogP contribution is -2.62. The minimum Gasteiger partial charge on any atom is -0.481 e. The van der Waals surface area contributed by atoms with Crippen molar-refractivity contribution in [2.75, 3.05) is 10.6 Å². The summed E-state index contributed by atoms with van der Waals surface area (Å²) < 4.78 is 27.6. The molecule has 4 aliphatic carbocycles. The number of nitrogens with one attached hydrogen (secondary N) is 2. The zero-order valence-corrected chi connectivity index (χ0v) is 21.1. The van der Waals surface area contributed by atoms with Crippen molar-refractivity contribution in [2.24, 2.45) is 23.2 Å². The van der Waals surface area contributed by atoms with Crippen LogP contribution < -0.4 is 10.6 Å². The average molecular weight is 524 g/mol. The molecule has 4 aliphatic rings. The first-order chi connectivity index (χ1) is 17.7. The molecule has 2 aromatic carbocycles. The highest BCUT2D eigenvalue weighted by Gasteiger charge is 2.66. The van der Waals surface area contributed by atoms with E-state index in [-0.39, 0.29) is 11.3 Å². The number of para-hydroxylation sites is 1. The summed E-state index contributed by atoms with van der Waals surface area (Å²) in [5, 5.41) is 16.0. The summed E-state index contributed by atoms with van der Waals surface area (Å²) in [6, 6.07) is 9.78. The molecule has 3 unspecified atom stereocenters. The lowest BCUT2D eigenvalue weighted by molar-refractivity contribution is -0.180. The Balaban J connectivity index is 1.20. The van der Waals surface area contributed by atoms with Crippen LogP contribution in [-0.2, 0) is 10.2 Å². The van der Waals surface area contributed by atoms with Crippen molar-refractivity contribution in [1.29, 1.82) is 0 Å². The topological polar surface area (TPSA) is 91.3 Å². The van der Waals surface area contributed by atoms with Crippen LogP contribution in [0.2, 0.25) is 0 Å². The number of urea groups is 1. The molecule has 1 heterocycles. The molecule has 2 amide bonds.